The molecule has 0 N–H and O–H groups in total. The molecule has 0 spiro atoms. The first-order chi connectivity index (χ1) is 8.92. The third-order valence-corrected chi connectivity index (χ3v) is 4.58. The van der Waals surface area contributed by atoms with E-state index in [4.69, 9.17) is 21.1 Å². The van der Waals surface area contributed by atoms with E-state index in [1.54, 1.807) is 0 Å². The van der Waals surface area contributed by atoms with Gasteiger partial charge in [-0.05, 0) is 31.2 Å². The van der Waals surface area contributed by atoms with Crippen LogP contribution in [-0.4, -0.2) is 13.2 Å². The van der Waals surface area contributed by atoms with Gasteiger partial charge in [0.05, 0.1) is 13.2 Å². The Kier molecular flexibility index (Phi) is 4.36. The van der Waals surface area contributed by atoms with Crippen molar-refractivity contribution in [2.45, 2.75) is 44.4 Å². The highest BCUT2D eigenvalue weighted by Gasteiger charge is 2.41. The molecule has 0 radical (unpaired) electrons. The summed E-state index contributed by atoms with van der Waals surface area (Å²) in [6, 6.07) is 1.89. The van der Waals surface area contributed by atoms with Gasteiger partial charge in [0.15, 0.2) is 11.5 Å². The average molecular weight is 348 g/mol. The molecule has 19 heavy (non-hydrogen) atoms. The molecule has 106 valence electrons. The van der Waals surface area contributed by atoms with Gasteiger partial charge in [-0.3, -0.25) is 0 Å². The Morgan fingerprint density at radius 3 is 2.53 bits per heavy atom. The fourth-order valence-corrected chi connectivity index (χ4v) is 4.53. The van der Waals surface area contributed by atoms with E-state index < -0.39 is 0 Å². The number of benzene rings is 1. The largest absolute Gasteiger partial charge is 0.490 e. The first-order valence-corrected chi connectivity index (χ1v) is 7.98. The van der Waals surface area contributed by atoms with Crippen LogP contribution in [0.4, 0.5) is 0 Å². The summed E-state index contributed by atoms with van der Waals surface area (Å²) in [4.78, 5) is 0.261. The summed E-state index contributed by atoms with van der Waals surface area (Å²) in [6.45, 7) is 9.61. The van der Waals surface area contributed by atoms with E-state index in [2.05, 4.69) is 29.8 Å². The monoisotopic (exact) mass is 346 g/mol. The van der Waals surface area contributed by atoms with Crippen LogP contribution in [0.3, 0.4) is 0 Å². The zero-order valence-electron chi connectivity index (χ0n) is 11.8. The molecule has 1 aliphatic carbocycles. The van der Waals surface area contributed by atoms with Crippen LogP contribution >= 0.6 is 27.5 Å². The van der Waals surface area contributed by atoms with Crippen LogP contribution in [0.2, 0.25) is 5.02 Å². The lowest BCUT2D eigenvalue weighted by Crippen LogP contribution is -2.13. The van der Waals surface area contributed by atoms with Crippen molar-refractivity contribution >= 4 is 27.5 Å². The van der Waals surface area contributed by atoms with Crippen LogP contribution in [0, 0.1) is 0 Å². The maximum Gasteiger partial charge on any atom is 0.165 e. The Hall–Kier alpha value is -0.410. The zero-order chi connectivity index (χ0) is 14.2. The van der Waals surface area contributed by atoms with Crippen LogP contribution in [0.1, 0.15) is 50.1 Å². The molecule has 4 heteroatoms. The molecule has 1 aromatic carbocycles. The number of alkyl halides is 1. The van der Waals surface area contributed by atoms with Crippen molar-refractivity contribution in [3.8, 4) is 11.5 Å². The van der Waals surface area contributed by atoms with Gasteiger partial charge in [-0.1, -0.05) is 41.4 Å². The molecule has 0 aliphatic heterocycles. The van der Waals surface area contributed by atoms with Gasteiger partial charge in [0, 0.05) is 21.5 Å². The Labute approximate surface area is 128 Å². The molecule has 2 nitrogen and oxygen atoms in total. The summed E-state index contributed by atoms with van der Waals surface area (Å²) in [6.07, 6.45) is 1.01. The number of fused-ring (bicyclic) bond motifs is 1. The first-order valence-electron chi connectivity index (χ1n) is 6.68. The van der Waals surface area contributed by atoms with Gasteiger partial charge in [0.2, 0.25) is 0 Å². The highest BCUT2D eigenvalue weighted by atomic mass is 79.9. The fraction of sp³-hybridized carbons (Fsp3) is 0.600. The topological polar surface area (TPSA) is 18.5 Å². The van der Waals surface area contributed by atoms with E-state index in [9.17, 15) is 0 Å². The number of hydrogen-bond donors (Lipinski definition) is 0. The molecule has 1 unspecified atom stereocenters. The van der Waals surface area contributed by atoms with Crippen LogP contribution < -0.4 is 9.47 Å². The fourth-order valence-electron chi connectivity index (χ4n) is 2.82. The molecule has 0 amide bonds. The quantitative estimate of drug-likeness (QED) is 0.692. The Bertz CT molecular complexity index is 486. The summed E-state index contributed by atoms with van der Waals surface area (Å²) < 4.78 is 11.5. The van der Waals surface area contributed by atoms with Crippen molar-refractivity contribution < 1.29 is 9.47 Å². The lowest BCUT2D eigenvalue weighted by molar-refractivity contribution is 0.285. The van der Waals surface area contributed by atoms with Crippen molar-refractivity contribution in [2.24, 2.45) is 0 Å². The van der Waals surface area contributed by atoms with Gasteiger partial charge < -0.3 is 9.47 Å². The second kappa shape index (κ2) is 5.53. The van der Waals surface area contributed by atoms with E-state index in [1.165, 1.54) is 5.56 Å². The van der Waals surface area contributed by atoms with Crippen LogP contribution in [0.25, 0.3) is 0 Å². The molecule has 1 aliphatic rings. The average Bonchev–Trinajstić information content (AvgIpc) is 2.55. The minimum Gasteiger partial charge on any atom is -0.490 e. The molecule has 0 saturated carbocycles. The molecule has 1 aromatic rings. The third-order valence-electron chi connectivity index (χ3n) is 3.50. The summed E-state index contributed by atoms with van der Waals surface area (Å²) in [5, 5.41) is 0.772. The molecule has 0 aromatic heterocycles. The van der Waals surface area contributed by atoms with Crippen molar-refractivity contribution in [1.82, 2.24) is 0 Å². The van der Waals surface area contributed by atoms with E-state index >= 15 is 0 Å². The Morgan fingerprint density at radius 2 is 1.95 bits per heavy atom. The molecular weight excluding hydrogens is 328 g/mol. The molecule has 0 heterocycles. The van der Waals surface area contributed by atoms with Gasteiger partial charge >= 0.3 is 0 Å². The van der Waals surface area contributed by atoms with Crippen LogP contribution in [0.5, 0.6) is 11.5 Å². The van der Waals surface area contributed by atoms with Crippen molar-refractivity contribution in [3.63, 3.8) is 0 Å². The maximum atomic E-state index is 6.48. The maximum absolute atomic E-state index is 6.48. The predicted molar refractivity (Wildman–Crippen MR) is 83.1 cm³/mol. The van der Waals surface area contributed by atoms with Gasteiger partial charge in [-0.25, -0.2) is 0 Å². The minimum atomic E-state index is 0.0528. The highest BCUT2D eigenvalue weighted by molar-refractivity contribution is 9.09. The lowest BCUT2D eigenvalue weighted by atomic mass is 9.86. The number of halogens is 2. The third kappa shape index (κ3) is 2.59. The van der Waals surface area contributed by atoms with Gasteiger partial charge in [-0.15, -0.1) is 0 Å². The van der Waals surface area contributed by atoms with Gasteiger partial charge in [0.25, 0.3) is 0 Å². The molecular formula is C15H20BrClO2. The van der Waals surface area contributed by atoms with Crippen molar-refractivity contribution in [2.75, 3.05) is 13.2 Å². The second-order valence-corrected chi connectivity index (χ2v) is 6.91. The first kappa shape index (κ1) is 15.0. The predicted octanol–water partition coefficient (Wildman–Crippen LogP) is 5.25. The molecule has 0 fully saturated rings. The molecule has 1 atom stereocenters. The van der Waals surface area contributed by atoms with Crippen molar-refractivity contribution in [3.05, 3.63) is 22.2 Å². The number of hydrogen-bond acceptors (Lipinski definition) is 2. The van der Waals surface area contributed by atoms with E-state index in [1.807, 2.05) is 19.9 Å². The van der Waals surface area contributed by atoms with E-state index in [-0.39, 0.29) is 10.2 Å². The van der Waals surface area contributed by atoms with E-state index in [0.717, 1.165) is 28.5 Å². The van der Waals surface area contributed by atoms with Gasteiger partial charge in [-0.2, -0.15) is 0 Å². The number of ether oxygens (including phenoxy) is 2. The minimum absolute atomic E-state index is 0.0528. The number of rotatable bonds is 4. The summed E-state index contributed by atoms with van der Waals surface area (Å²) in [5.74, 6) is 1.59. The smallest absolute Gasteiger partial charge is 0.165 e. The Balaban J connectivity index is 2.66. The van der Waals surface area contributed by atoms with Crippen LogP contribution in [-0.2, 0) is 5.41 Å². The zero-order valence-corrected chi connectivity index (χ0v) is 14.2. The van der Waals surface area contributed by atoms with Crippen molar-refractivity contribution in [1.29, 1.82) is 0 Å². The van der Waals surface area contributed by atoms with Crippen LogP contribution in [0.15, 0.2) is 6.07 Å². The lowest BCUT2D eigenvalue weighted by Gasteiger charge is -2.22. The molecule has 0 bridgehead atoms. The van der Waals surface area contributed by atoms with Gasteiger partial charge in [0.1, 0.15) is 0 Å². The normalized spacial score (nSPS) is 20.2. The summed E-state index contributed by atoms with van der Waals surface area (Å²) >= 11 is 10.2. The van der Waals surface area contributed by atoms with E-state index in [0.29, 0.717) is 13.2 Å². The Morgan fingerprint density at radius 1 is 1.32 bits per heavy atom. The molecule has 0 saturated heterocycles. The second-order valence-electron chi connectivity index (χ2n) is 5.40. The highest BCUT2D eigenvalue weighted by Crippen LogP contribution is 2.57. The standard InChI is InChI=1S/C15H20BrClO2/c1-5-18-11-7-10(17)13-12(14(11)19-6-2)9(16)8-15(13,3)4/h7,9H,5-6,8H2,1-4H3. The summed E-state index contributed by atoms with van der Waals surface area (Å²) in [5.41, 5.74) is 2.39. The summed E-state index contributed by atoms with van der Waals surface area (Å²) in [7, 11) is 0. The molecule has 2 rings (SSSR count). The SMILES string of the molecule is CCOc1cc(Cl)c2c(c1OCC)C(Br)CC2(C)C.